The van der Waals surface area contributed by atoms with Gasteiger partial charge in [0.1, 0.15) is 0 Å². The topological polar surface area (TPSA) is 96.5 Å². The summed E-state index contributed by atoms with van der Waals surface area (Å²) in [5, 5.41) is 6.18. The van der Waals surface area contributed by atoms with Crippen LogP contribution in [-0.2, 0) is 26.1 Å². The fourth-order valence-corrected chi connectivity index (χ4v) is 4.37. The summed E-state index contributed by atoms with van der Waals surface area (Å²) < 4.78 is 32.7. The number of amides is 1. The van der Waals surface area contributed by atoms with E-state index in [2.05, 4.69) is 15.4 Å². The van der Waals surface area contributed by atoms with Gasteiger partial charge in [-0.05, 0) is 49.9 Å². The monoisotopic (exact) mass is 417 g/mol. The molecule has 2 fully saturated rings. The highest BCUT2D eigenvalue weighted by molar-refractivity contribution is 7.89. The van der Waals surface area contributed by atoms with Crippen LogP contribution in [-0.4, -0.2) is 46.2 Å². The Kier molecular flexibility index (Phi) is 8.50. The Bertz CT molecular complexity index is 700. The third-order valence-electron chi connectivity index (χ3n) is 4.84. The van der Waals surface area contributed by atoms with Gasteiger partial charge in [-0.2, -0.15) is 0 Å². The lowest BCUT2D eigenvalue weighted by atomic mass is 10.1. The van der Waals surface area contributed by atoms with Crippen LogP contribution in [0.5, 0.6) is 0 Å². The maximum atomic E-state index is 12.3. The number of carbonyl (C=O) groups is 1. The number of halogens is 1. The Morgan fingerprint density at radius 3 is 2.59 bits per heavy atom. The molecule has 9 heteroatoms. The molecule has 0 aromatic heterocycles. The quantitative estimate of drug-likeness (QED) is 0.592. The number of carbonyl (C=O) groups excluding carboxylic acids is 1. The van der Waals surface area contributed by atoms with Crippen LogP contribution in [0.4, 0.5) is 0 Å². The van der Waals surface area contributed by atoms with Crippen molar-refractivity contribution in [3.63, 3.8) is 0 Å². The molecule has 2 aliphatic rings. The highest BCUT2D eigenvalue weighted by Crippen LogP contribution is 2.14. The minimum Gasteiger partial charge on any atom is -0.377 e. The highest BCUT2D eigenvalue weighted by atomic mass is 35.5. The molecule has 2 heterocycles. The maximum absolute atomic E-state index is 12.3. The first-order valence-electron chi connectivity index (χ1n) is 9.23. The molecule has 152 valence electrons. The molecule has 2 atom stereocenters. The summed E-state index contributed by atoms with van der Waals surface area (Å²) in [6, 6.07) is 6.87. The molecule has 2 unspecified atom stereocenters. The molecule has 1 amide bonds. The van der Waals surface area contributed by atoms with Crippen LogP contribution in [0.1, 0.15) is 37.7 Å². The third-order valence-corrected chi connectivity index (χ3v) is 6.28. The number of hydrogen-bond donors (Lipinski definition) is 3. The zero-order valence-electron chi connectivity index (χ0n) is 15.3. The van der Waals surface area contributed by atoms with Crippen LogP contribution in [0.2, 0.25) is 0 Å². The predicted molar refractivity (Wildman–Crippen MR) is 105 cm³/mol. The predicted octanol–water partition coefficient (Wildman–Crippen LogP) is 1.32. The van der Waals surface area contributed by atoms with E-state index in [4.69, 9.17) is 4.74 Å². The van der Waals surface area contributed by atoms with Crippen molar-refractivity contribution in [3.8, 4) is 0 Å². The molecule has 0 bridgehead atoms. The van der Waals surface area contributed by atoms with Gasteiger partial charge in [0.2, 0.25) is 15.9 Å². The fraction of sp³-hybridized carbons (Fsp3) is 0.611. The van der Waals surface area contributed by atoms with E-state index >= 15 is 0 Å². The van der Waals surface area contributed by atoms with Crippen molar-refractivity contribution < 1.29 is 17.9 Å². The van der Waals surface area contributed by atoms with Crippen LogP contribution in [0.3, 0.4) is 0 Å². The van der Waals surface area contributed by atoms with E-state index < -0.39 is 10.0 Å². The largest absolute Gasteiger partial charge is 0.377 e. The molecule has 0 radical (unpaired) electrons. The Balaban J connectivity index is 0.00000261. The first-order valence-corrected chi connectivity index (χ1v) is 10.7. The number of sulfonamides is 1. The van der Waals surface area contributed by atoms with Gasteiger partial charge in [0.05, 0.1) is 11.0 Å². The summed E-state index contributed by atoms with van der Waals surface area (Å²) in [6.45, 7) is 2.38. The second-order valence-corrected chi connectivity index (χ2v) is 8.67. The van der Waals surface area contributed by atoms with Crippen molar-refractivity contribution in [2.45, 2.75) is 55.7 Å². The smallest absolute Gasteiger partial charge is 0.240 e. The van der Waals surface area contributed by atoms with Crippen molar-refractivity contribution in [2.75, 3.05) is 19.7 Å². The zero-order chi connectivity index (χ0) is 18.4. The van der Waals surface area contributed by atoms with Crippen molar-refractivity contribution in [3.05, 3.63) is 29.8 Å². The van der Waals surface area contributed by atoms with Gasteiger partial charge in [0.15, 0.2) is 0 Å². The standard InChI is InChI=1S/C18H27N3O4S.ClH/c22-18(11-15-3-1-9-19-15)20-12-14-5-7-17(8-6-14)26(23,24)21-13-16-4-2-10-25-16;/h5-8,15-16,19,21H,1-4,9-13H2,(H,20,22);1H. The molecule has 1 aromatic rings. The van der Waals surface area contributed by atoms with E-state index in [1.807, 2.05) is 0 Å². The summed E-state index contributed by atoms with van der Waals surface area (Å²) in [5.74, 6) is 0.0133. The number of ether oxygens (including phenoxy) is 1. The zero-order valence-corrected chi connectivity index (χ0v) is 16.9. The van der Waals surface area contributed by atoms with Crippen molar-refractivity contribution >= 4 is 28.3 Å². The second-order valence-electron chi connectivity index (χ2n) is 6.91. The van der Waals surface area contributed by atoms with E-state index in [0.29, 0.717) is 26.1 Å². The van der Waals surface area contributed by atoms with Crippen LogP contribution < -0.4 is 15.4 Å². The van der Waals surface area contributed by atoms with Crippen molar-refractivity contribution in [2.24, 2.45) is 0 Å². The van der Waals surface area contributed by atoms with E-state index in [1.165, 1.54) is 0 Å². The fourth-order valence-electron chi connectivity index (χ4n) is 3.31. The first-order chi connectivity index (χ1) is 12.5. The molecule has 7 nitrogen and oxygen atoms in total. The summed E-state index contributed by atoms with van der Waals surface area (Å²) in [6.07, 6.45) is 4.47. The van der Waals surface area contributed by atoms with Crippen LogP contribution in [0, 0.1) is 0 Å². The van der Waals surface area contributed by atoms with Crippen LogP contribution in [0.15, 0.2) is 29.2 Å². The van der Waals surface area contributed by atoms with Crippen LogP contribution >= 0.6 is 12.4 Å². The van der Waals surface area contributed by atoms with E-state index in [0.717, 1.165) is 37.8 Å². The van der Waals surface area contributed by atoms with Crippen molar-refractivity contribution in [1.29, 1.82) is 0 Å². The van der Waals surface area contributed by atoms with Crippen molar-refractivity contribution in [1.82, 2.24) is 15.4 Å². The molecule has 3 N–H and O–H groups in total. The molecule has 2 aliphatic heterocycles. The Labute approximate surface area is 167 Å². The molecule has 1 aromatic carbocycles. The van der Waals surface area contributed by atoms with E-state index in [-0.39, 0.29) is 35.4 Å². The molecular weight excluding hydrogens is 390 g/mol. The van der Waals surface area contributed by atoms with Gasteiger partial charge in [0.25, 0.3) is 0 Å². The molecule has 2 saturated heterocycles. The van der Waals surface area contributed by atoms with Gasteiger partial charge < -0.3 is 15.4 Å². The van der Waals surface area contributed by atoms with Gasteiger partial charge in [-0.3, -0.25) is 4.79 Å². The summed E-state index contributed by atoms with van der Waals surface area (Å²) in [5.41, 5.74) is 0.871. The third kappa shape index (κ3) is 6.73. The van der Waals surface area contributed by atoms with Gasteiger partial charge in [0, 0.05) is 32.2 Å². The molecular formula is C18H28ClN3O4S. The molecule has 27 heavy (non-hydrogen) atoms. The van der Waals surface area contributed by atoms with Crippen LogP contribution in [0.25, 0.3) is 0 Å². The average Bonchev–Trinajstić information content (AvgIpc) is 3.32. The number of nitrogens with one attached hydrogen (secondary N) is 3. The first kappa shape index (κ1) is 22.1. The second kappa shape index (κ2) is 10.4. The SMILES string of the molecule is Cl.O=C(CC1CCCN1)NCc1ccc(S(=O)(=O)NCC2CCCO2)cc1. The Morgan fingerprint density at radius 2 is 1.96 bits per heavy atom. The molecule has 3 rings (SSSR count). The lowest BCUT2D eigenvalue weighted by Gasteiger charge is -2.12. The minimum absolute atomic E-state index is 0. The van der Waals surface area contributed by atoms with Gasteiger partial charge in [-0.25, -0.2) is 13.1 Å². The summed E-state index contributed by atoms with van der Waals surface area (Å²) in [4.78, 5) is 12.2. The highest BCUT2D eigenvalue weighted by Gasteiger charge is 2.20. The Hall–Kier alpha value is -1.19. The number of benzene rings is 1. The number of rotatable bonds is 8. The normalized spacial score (nSPS) is 22.4. The Morgan fingerprint density at radius 1 is 1.19 bits per heavy atom. The van der Waals surface area contributed by atoms with Gasteiger partial charge in [-0.15, -0.1) is 12.4 Å². The molecule has 0 saturated carbocycles. The van der Waals surface area contributed by atoms with E-state index in [9.17, 15) is 13.2 Å². The maximum Gasteiger partial charge on any atom is 0.240 e. The average molecular weight is 418 g/mol. The molecule has 0 spiro atoms. The molecule has 0 aliphatic carbocycles. The number of hydrogen-bond acceptors (Lipinski definition) is 5. The lowest BCUT2D eigenvalue weighted by Crippen LogP contribution is -2.32. The van der Waals surface area contributed by atoms with Gasteiger partial charge in [-0.1, -0.05) is 12.1 Å². The summed E-state index contributed by atoms with van der Waals surface area (Å²) in [7, 11) is -3.54. The summed E-state index contributed by atoms with van der Waals surface area (Å²) >= 11 is 0. The van der Waals surface area contributed by atoms with E-state index in [1.54, 1.807) is 24.3 Å². The lowest BCUT2D eigenvalue weighted by molar-refractivity contribution is -0.121. The van der Waals surface area contributed by atoms with Gasteiger partial charge >= 0.3 is 0 Å². The minimum atomic E-state index is -3.54.